The molecule has 0 aliphatic rings. The molecule has 1 unspecified atom stereocenters. The lowest BCUT2D eigenvalue weighted by atomic mass is 10.0. The average Bonchev–Trinajstić information content (AvgIpc) is 3.03. The fraction of sp³-hybridized carbons (Fsp3) is 0.944. The van der Waals surface area contributed by atoms with E-state index in [-0.39, 0.29) is 32.0 Å². The molecule has 0 radical (unpaired) electrons. The van der Waals surface area contributed by atoms with E-state index in [1.807, 2.05) is 0 Å². The largest absolute Gasteiger partial charge is 0.756 e. The van der Waals surface area contributed by atoms with Crippen molar-refractivity contribution in [3.8, 4) is 0 Å². The Kier molecular flexibility index (Phi) is 33.2. The van der Waals surface area contributed by atoms with Gasteiger partial charge in [-0.2, -0.15) is 0 Å². The first-order valence-corrected chi connectivity index (χ1v) is 20.5. The van der Waals surface area contributed by atoms with Gasteiger partial charge in [0.1, 0.15) is 6.61 Å². The molecule has 0 amide bonds. The van der Waals surface area contributed by atoms with Gasteiger partial charge in [0.25, 0.3) is 7.82 Å². The van der Waals surface area contributed by atoms with Crippen molar-refractivity contribution in [3.63, 3.8) is 0 Å². The van der Waals surface area contributed by atoms with Gasteiger partial charge in [-0.3, -0.25) is 14.2 Å². The lowest BCUT2D eigenvalue weighted by Gasteiger charge is -2.25. The Morgan fingerprint density at radius 1 is 0.565 bits per heavy atom. The van der Waals surface area contributed by atoms with Crippen molar-refractivity contribution in [2.24, 2.45) is 5.73 Å². The molecule has 10 heteroatoms. The molecule has 9 nitrogen and oxygen atoms in total. The van der Waals surface area contributed by atoms with Gasteiger partial charge in [-0.1, -0.05) is 149 Å². The molecule has 0 aliphatic heterocycles. The van der Waals surface area contributed by atoms with Gasteiger partial charge < -0.3 is 29.1 Å². The molecule has 0 saturated carbocycles. The van der Waals surface area contributed by atoms with E-state index in [1.54, 1.807) is 0 Å². The topological polar surface area (TPSA) is 137 Å². The summed E-state index contributed by atoms with van der Waals surface area (Å²) in [5.74, 6) is -0.840. The van der Waals surface area contributed by atoms with Crippen LogP contribution in [0, 0.1) is 0 Å². The van der Waals surface area contributed by atoms with Crippen LogP contribution in [-0.4, -0.2) is 44.4 Å². The van der Waals surface area contributed by atoms with Gasteiger partial charge in [0.2, 0.25) is 0 Å². The zero-order valence-electron chi connectivity index (χ0n) is 29.8. The fourth-order valence-corrected chi connectivity index (χ4v) is 6.07. The number of rotatable bonds is 36. The Hall–Kier alpha value is -0.990. The third-order valence-electron chi connectivity index (χ3n) is 8.21. The maximum atomic E-state index is 12.5. The number of hydrogen-bond acceptors (Lipinski definition) is 9. The molecule has 0 saturated heterocycles. The van der Waals surface area contributed by atoms with E-state index in [0.29, 0.717) is 25.8 Å². The van der Waals surface area contributed by atoms with Crippen molar-refractivity contribution in [3.05, 3.63) is 0 Å². The Bertz CT molecular complexity index is 739. The number of carbonyl (C=O) groups excluding carboxylic acids is 2. The Labute approximate surface area is 282 Å². The fourth-order valence-electron chi connectivity index (χ4n) is 5.30. The van der Waals surface area contributed by atoms with Gasteiger partial charge >= 0.3 is 11.9 Å². The van der Waals surface area contributed by atoms with E-state index < -0.39 is 26.5 Å². The van der Waals surface area contributed by atoms with Crippen molar-refractivity contribution in [2.75, 3.05) is 26.4 Å². The maximum Gasteiger partial charge on any atom is 0.306 e. The molecule has 0 aliphatic carbocycles. The Balaban J connectivity index is 4.33. The van der Waals surface area contributed by atoms with Crippen LogP contribution < -0.4 is 10.6 Å². The zero-order chi connectivity index (χ0) is 34.0. The summed E-state index contributed by atoms with van der Waals surface area (Å²) in [6, 6.07) is 0. The van der Waals surface area contributed by atoms with Crippen LogP contribution in [0.4, 0.5) is 0 Å². The summed E-state index contributed by atoms with van der Waals surface area (Å²) in [6.07, 6.45) is 28.0. The van der Waals surface area contributed by atoms with E-state index in [0.717, 1.165) is 32.1 Å². The number of phosphoric ester groups is 1. The van der Waals surface area contributed by atoms with Crippen LogP contribution in [0.3, 0.4) is 0 Å². The summed E-state index contributed by atoms with van der Waals surface area (Å²) in [6.45, 7) is 4.16. The summed E-state index contributed by atoms with van der Waals surface area (Å²) in [4.78, 5) is 37.0. The predicted molar refractivity (Wildman–Crippen MR) is 185 cm³/mol. The molecule has 0 fully saturated rings. The third-order valence-corrected chi connectivity index (χ3v) is 9.18. The molecular formula is C36H71NO8P-. The standard InChI is InChI=1S/C36H72NO8P/c1-3-5-7-9-11-13-15-17-18-20-22-24-28-35(38)42-32-34(33-44-46(40,41)43-31-27-26-30-37)45-36(39)29-25-23-21-19-16-14-12-10-8-6-4-2/h34H,3-33,37H2,1-2H3,(H,40,41)/p-1/t34-/m0/s1. The Morgan fingerprint density at radius 3 is 1.41 bits per heavy atom. The average molecular weight is 677 g/mol. The SMILES string of the molecule is CCCCCCCCCCCCCCC(=O)OC[C@@H](COP(=O)([O-])OCCCCN)OC(=O)CCCCCCCCCCCCC. The lowest BCUT2D eigenvalue weighted by Crippen LogP contribution is -2.30. The first kappa shape index (κ1) is 45.0. The molecule has 0 bridgehead atoms. The smallest absolute Gasteiger partial charge is 0.306 e. The zero-order valence-corrected chi connectivity index (χ0v) is 30.7. The second-order valence-electron chi connectivity index (χ2n) is 12.8. The van der Waals surface area contributed by atoms with Crippen LogP contribution in [0.25, 0.3) is 0 Å². The first-order chi connectivity index (χ1) is 22.3. The third kappa shape index (κ3) is 32.9. The molecule has 0 aromatic carbocycles. The van der Waals surface area contributed by atoms with Gasteiger partial charge in [0, 0.05) is 12.8 Å². The summed E-state index contributed by atoms with van der Waals surface area (Å²) < 4.78 is 32.8. The number of nitrogens with two attached hydrogens (primary N) is 1. The van der Waals surface area contributed by atoms with E-state index in [4.69, 9.17) is 24.3 Å². The summed E-state index contributed by atoms with van der Waals surface area (Å²) in [5, 5.41) is 0. The molecule has 274 valence electrons. The first-order valence-electron chi connectivity index (χ1n) is 19.0. The van der Waals surface area contributed by atoms with Gasteiger partial charge in [-0.05, 0) is 32.2 Å². The molecule has 0 spiro atoms. The molecule has 0 rings (SSSR count). The van der Waals surface area contributed by atoms with Crippen molar-refractivity contribution < 1.29 is 37.6 Å². The minimum absolute atomic E-state index is 0.0324. The van der Waals surface area contributed by atoms with Crippen LogP contribution in [0.5, 0.6) is 0 Å². The minimum atomic E-state index is -4.59. The molecule has 0 aromatic heterocycles. The van der Waals surface area contributed by atoms with Crippen LogP contribution in [-0.2, 0) is 32.7 Å². The number of esters is 2. The summed E-state index contributed by atoms with van der Waals surface area (Å²) >= 11 is 0. The normalized spacial score (nSPS) is 13.4. The summed E-state index contributed by atoms with van der Waals surface area (Å²) in [7, 11) is -4.59. The van der Waals surface area contributed by atoms with Crippen LogP contribution in [0.15, 0.2) is 0 Å². The number of ether oxygens (including phenoxy) is 2. The van der Waals surface area contributed by atoms with Crippen molar-refractivity contribution in [1.29, 1.82) is 0 Å². The molecule has 0 heterocycles. The van der Waals surface area contributed by atoms with E-state index >= 15 is 0 Å². The molecular weight excluding hydrogens is 605 g/mol. The monoisotopic (exact) mass is 676 g/mol. The van der Waals surface area contributed by atoms with Crippen molar-refractivity contribution >= 4 is 19.8 Å². The van der Waals surface area contributed by atoms with Crippen molar-refractivity contribution in [1.82, 2.24) is 0 Å². The highest BCUT2D eigenvalue weighted by molar-refractivity contribution is 7.45. The molecule has 46 heavy (non-hydrogen) atoms. The maximum absolute atomic E-state index is 12.5. The number of unbranched alkanes of at least 4 members (excludes halogenated alkanes) is 22. The van der Waals surface area contributed by atoms with Gasteiger partial charge in [-0.25, -0.2) is 0 Å². The predicted octanol–water partition coefficient (Wildman–Crippen LogP) is 9.47. The highest BCUT2D eigenvalue weighted by Crippen LogP contribution is 2.38. The second-order valence-corrected chi connectivity index (χ2v) is 14.2. The van der Waals surface area contributed by atoms with Crippen LogP contribution in [0.2, 0.25) is 0 Å². The van der Waals surface area contributed by atoms with Crippen LogP contribution in [0.1, 0.15) is 187 Å². The van der Waals surface area contributed by atoms with Gasteiger partial charge in [-0.15, -0.1) is 0 Å². The van der Waals surface area contributed by atoms with Crippen molar-refractivity contribution in [2.45, 2.75) is 193 Å². The summed E-state index contributed by atoms with van der Waals surface area (Å²) in [5.41, 5.74) is 5.43. The molecule has 0 aromatic rings. The number of phosphoric acid groups is 1. The highest BCUT2D eigenvalue weighted by Gasteiger charge is 2.21. The van der Waals surface area contributed by atoms with Crippen LogP contribution >= 0.6 is 7.82 Å². The minimum Gasteiger partial charge on any atom is -0.756 e. The second kappa shape index (κ2) is 33.9. The van der Waals surface area contributed by atoms with E-state index in [1.165, 1.54) is 109 Å². The lowest BCUT2D eigenvalue weighted by molar-refractivity contribution is -0.228. The van der Waals surface area contributed by atoms with E-state index in [9.17, 15) is 19.0 Å². The molecule has 2 atom stereocenters. The number of carbonyl (C=O) groups is 2. The van der Waals surface area contributed by atoms with Gasteiger partial charge in [0.15, 0.2) is 6.10 Å². The quantitative estimate of drug-likeness (QED) is 0.0391. The molecule has 2 N–H and O–H groups in total. The Morgan fingerprint density at radius 2 is 0.978 bits per heavy atom. The highest BCUT2D eigenvalue weighted by atomic mass is 31.2. The number of hydrogen-bond donors (Lipinski definition) is 1. The van der Waals surface area contributed by atoms with Gasteiger partial charge in [0.05, 0.1) is 13.2 Å². The van der Waals surface area contributed by atoms with E-state index in [2.05, 4.69) is 13.8 Å².